The summed E-state index contributed by atoms with van der Waals surface area (Å²) in [6.07, 6.45) is 5.84. The molecule has 1 aromatic heterocycles. The Morgan fingerprint density at radius 3 is 2.23 bits per heavy atom. The van der Waals surface area contributed by atoms with Crippen molar-refractivity contribution in [3.05, 3.63) is 81.6 Å². The zero-order chi connectivity index (χ0) is 37.8. The Balaban J connectivity index is 1.20. The smallest absolute Gasteiger partial charge is 0.325 e. The molecule has 3 fully saturated rings. The standard InChI is InChI=1S/C38H45Cl2N5O8/c1-50-31-20-25(21-32(51-2)33(31)52-3)34(46)44-17-9-37(24-44,27-4-5-28(39)29(40)22-27)8-14-43-15-10-38(11-16-43,26-6-12-41-13-7-26)36(49)42-45-18-19-53-23-30(45)35(47)48/h4-7,12-13,20-22,30H,8-11,14-19,23-24H2,1-3H3,(H,42,49)(H,47,48). The summed E-state index contributed by atoms with van der Waals surface area (Å²) in [6.45, 7) is 3.56. The van der Waals surface area contributed by atoms with E-state index in [0.717, 1.165) is 17.5 Å². The van der Waals surface area contributed by atoms with E-state index in [-0.39, 0.29) is 25.0 Å². The lowest BCUT2D eigenvalue weighted by atomic mass is 9.72. The van der Waals surface area contributed by atoms with Crippen molar-refractivity contribution in [3.8, 4) is 17.2 Å². The molecule has 4 heterocycles. The highest BCUT2D eigenvalue weighted by Crippen LogP contribution is 2.43. The molecule has 2 aromatic carbocycles. The molecular weight excluding hydrogens is 725 g/mol. The van der Waals surface area contributed by atoms with Crippen molar-refractivity contribution in [1.82, 2.24) is 25.2 Å². The van der Waals surface area contributed by atoms with Crippen LogP contribution in [-0.4, -0.2) is 123 Å². The molecule has 3 aliphatic heterocycles. The van der Waals surface area contributed by atoms with E-state index < -0.39 is 22.8 Å². The number of methoxy groups -OCH3 is 3. The Kier molecular flexibility index (Phi) is 12.0. The highest BCUT2D eigenvalue weighted by atomic mass is 35.5. The summed E-state index contributed by atoms with van der Waals surface area (Å²) in [5.74, 6) is -0.222. The van der Waals surface area contributed by atoms with E-state index in [1.165, 1.54) is 26.3 Å². The van der Waals surface area contributed by atoms with Gasteiger partial charge in [0.15, 0.2) is 11.5 Å². The summed E-state index contributed by atoms with van der Waals surface area (Å²) in [7, 11) is 4.56. The van der Waals surface area contributed by atoms with Crippen LogP contribution < -0.4 is 19.6 Å². The van der Waals surface area contributed by atoms with Gasteiger partial charge in [0.05, 0.1) is 50.0 Å². The number of carbonyl (C=O) groups is 3. The Hall–Kier alpha value is -4.14. The van der Waals surface area contributed by atoms with Gasteiger partial charge in [0.2, 0.25) is 11.7 Å². The molecule has 15 heteroatoms. The van der Waals surface area contributed by atoms with Gasteiger partial charge in [-0.2, -0.15) is 0 Å². The molecule has 53 heavy (non-hydrogen) atoms. The largest absolute Gasteiger partial charge is 0.493 e. The van der Waals surface area contributed by atoms with Crippen LogP contribution in [0.2, 0.25) is 10.0 Å². The molecule has 0 spiro atoms. The summed E-state index contributed by atoms with van der Waals surface area (Å²) in [5, 5.41) is 12.2. The summed E-state index contributed by atoms with van der Waals surface area (Å²) < 4.78 is 21.9. The number of carboxylic acids is 1. The van der Waals surface area contributed by atoms with E-state index >= 15 is 0 Å². The van der Waals surface area contributed by atoms with Gasteiger partial charge in [0.25, 0.3) is 5.91 Å². The van der Waals surface area contributed by atoms with Crippen molar-refractivity contribution in [2.75, 3.05) is 73.8 Å². The molecule has 0 bridgehead atoms. The molecule has 2 amide bonds. The average molecular weight is 771 g/mol. The number of aromatic nitrogens is 1. The SMILES string of the molecule is COc1cc(C(=O)N2CCC(CCN3CCC(C(=O)NN4CCOCC4C(=O)O)(c4ccncc4)CC3)(c3ccc(Cl)c(Cl)c3)C2)cc(OC)c1OC. The highest BCUT2D eigenvalue weighted by Gasteiger charge is 2.46. The van der Waals surface area contributed by atoms with Crippen LogP contribution in [0.4, 0.5) is 0 Å². The van der Waals surface area contributed by atoms with Gasteiger partial charge < -0.3 is 33.9 Å². The van der Waals surface area contributed by atoms with Crippen molar-refractivity contribution in [2.45, 2.75) is 42.6 Å². The first-order chi connectivity index (χ1) is 25.5. The Morgan fingerprint density at radius 1 is 0.906 bits per heavy atom. The van der Waals surface area contributed by atoms with Crippen LogP contribution in [0.15, 0.2) is 54.9 Å². The fourth-order valence-corrected chi connectivity index (χ4v) is 8.17. The van der Waals surface area contributed by atoms with Gasteiger partial charge >= 0.3 is 5.97 Å². The van der Waals surface area contributed by atoms with E-state index in [2.05, 4.69) is 15.3 Å². The van der Waals surface area contributed by atoms with Crippen LogP contribution in [0, 0.1) is 0 Å². The molecule has 2 atom stereocenters. The van der Waals surface area contributed by atoms with Gasteiger partial charge in [-0.15, -0.1) is 0 Å². The maximum Gasteiger partial charge on any atom is 0.325 e. The molecule has 0 aliphatic carbocycles. The molecule has 3 saturated heterocycles. The number of hydrazine groups is 1. The first kappa shape index (κ1) is 38.6. The van der Waals surface area contributed by atoms with Gasteiger partial charge in [-0.3, -0.25) is 24.8 Å². The highest BCUT2D eigenvalue weighted by molar-refractivity contribution is 6.42. The van der Waals surface area contributed by atoms with Crippen LogP contribution in [-0.2, 0) is 25.2 Å². The third-order valence-electron chi connectivity index (χ3n) is 11.0. The second kappa shape index (κ2) is 16.5. The maximum atomic E-state index is 14.2. The number of ether oxygens (including phenoxy) is 4. The van der Waals surface area contributed by atoms with E-state index in [9.17, 15) is 19.5 Å². The lowest BCUT2D eigenvalue weighted by Gasteiger charge is -2.43. The third-order valence-corrected chi connectivity index (χ3v) is 11.8. The number of likely N-dealkylation sites (tertiary alicyclic amines) is 2. The van der Waals surface area contributed by atoms with Crippen molar-refractivity contribution in [2.24, 2.45) is 0 Å². The van der Waals surface area contributed by atoms with Crippen LogP contribution in [0.5, 0.6) is 17.2 Å². The Morgan fingerprint density at radius 2 is 1.60 bits per heavy atom. The third kappa shape index (κ3) is 7.90. The van der Waals surface area contributed by atoms with Crippen LogP contribution in [0.1, 0.15) is 47.2 Å². The van der Waals surface area contributed by atoms with Crippen molar-refractivity contribution >= 4 is 41.0 Å². The number of hydrogen-bond acceptors (Lipinski definition) is 10. The first-order valence-electron chi connectivity index (χ1n) is 17.6. The molecule has 0 saturated carbocycles. The minimum absolute atomic E-state index is 0.00225. The number of carboxylic acid groups (broad SMARTS) is 1. The van der Waals surface area contributed by atoms with Crippen molar-refractivity contribution < 1.29 is 38.4 Å². The number of nitrogens with zero attached hydrogens (tertiary/aromatic N) is 4. The number of pyridine rings is 1. The number of nitrogens with one attached hydrogen (secondary N) is 1. The number of carbonyl (C=O) groups excluding carboxylic acids is 2. The van der Waals surface area contributed by atoms with Gasteiger partial charge in [-0.05, 0) is 92.8 Å². The summed E-state index contributed by atoms with van der Waals surface area (Å²) in [4.78, 5) is 48.5. The van der Waals surface area contributed by atoms with Crippen molar-refractivity contribution in [3.63, 3.8) is 0 Å². The minimum atomic E-state index is -1.05. The molecule has 2 N–H and O–H groups in total. The fraction of sp³-hybridized carbons (Fsp3) is 0.474. The molecule has 6 rings (SSSR count). The molecule has 0 radical (unpaired) electrons. The molecule has 2 unspecified atom stereocenters. The summed E-state index contributed by atoms with van der Waals surface area (Å²) in [6, 6.07) is 11.8. The minimum Gasteiger partial charge on any atom is -0.493 e. The second-order valence-electron chi connectivity index (χ2n) is 13.8. The van der Waals surface area contributed by atoms with Crippen LogP contribution in [0.25, 0.3) is 0 Å². The average Bonchev–Trinajstić information content (AvgIpc) is 3.63. The van der Waals surface area contributed by atoms with Crippen molar-refractivity contribution in [1.29, 1.82) is 0 Å². The number of morpholine rings is 1. The monoisotopic (exact) mass is 769 g/mol. The number of piperidine rings is 1. The number of benzene rings is 2. The molecular formula is C38H45Cl2N5O8. The van der Waals surface area contributed by atoms with Gasteiger partial charge in [-0.25, -0.2) is 5.01 Å². The number of halogens is 2. The number of rotatable bonds is 12. The first-order valence-corrected chi connectivity index (χ1v) is 18.4. The Bertz CT molecular complexity index is 1780. The zero-order valence-corrected chi connectivity index (χ0v) is 31.6. The normalized spacial score (nSPS) is 21.9. The number of hydrogen-bond donors (Lipinski definition) is 2. The van der Waals surface area contributed by atoms with Crippen LogP contribution in [0.3, 0.4) is 0 Å². The maximum absolute atomic E-state index is 14.2. The van der Waals surface area contributed by atoms with E-state index in [0.29, 0.717) is 91.5 Å². The fourth-order valence-electron chi connectivity index (χ4n) is 7.87. The molecule has 13 nitrogen and oxygen atoms in total. The number of amides is 2. The zero-order valence-electron chi connectivity index (χ0n) is 30.1. The number of aliphatic carboxylic acids is 1. The van der Waals surface area contributed by atoms with Gasteiger partial charge in [0, 0.05) is 43.0 Å². The quantitative estimate of drug-likeness (QED) is 0.270. The Labute approximate surface area is 319 Å². The summed E-state index contributed by atoms with van der Waals surface area (Å²) >= 11 is 12.9. The predicted octanol–water partition coefficient (Wildman–Crippen LogP) is 4.44. The van der Waals surface area contributed by atoms with E-state index in [1.807, 2.05) is 29.2 Å². The predicted molar refractivity (Wildman–Crippen MR) is 198 cm³/mol. The van der Waals surface area contributed by atoms with Gasteiger partial charge in [-0.1, -0.05) is 29.3 Å². The topological polar surface area (TPSA) is 143 Å². The van der Waals surface area contributed by atoms with Gasteiger partial charge in [0.1, 0.15) is 6.04 Å². The summed E-state index contributed by atoms with van der Waals surface area (Å²) in [5.41, 5.74) is 3.94. The van der Waals surface area contributed by atoms with E-state index in [4.69, 9.17) is 42.1 Å². The van der Waals surface area contributed by atoms with Crippen LogP contribution >= 0.6 is 23.2 Å². The van der Waals surface area contributed by atoms with E-state index in [1.54, 1.807) is 30.6 Å². The molecule has 3 aromatic rings. The lowest BCUT2D eigenvalue weighted by Crippen LogP contribution is -2.62. The molecule has 284 valence electrons. The molecule has 3 aliphatic rings. The second-order valence-corrected chi connectivity index (χ2v) is 14.6. The lowest BCUT2D eigenvalue weighted by molar-refractivity contribution is -0.156.